The Morgan fingerprint density at radius 1 is 1.44 bits per heavy atom. The first kappa shape index (κ1) is 11.3. The molecule has 0 aliphatic rings. The molecule has 0 fully saturated rings. The van der Waals surface area contributed by atoms with E-state index in [2.05, 4.69) is 39.8 Å². The van der Waals surface area contributed by atoms with Crippen LogP contribution in [0.1, 0.15) is 12.5 Å². The minimum atomic E-state index is 0.422. The van der Waals surface area contributed by atoms with Gasteiger partial charge in [-0.25, -0.2) is 9.97 Å². The van der Waals surface area contributed by atoms with E-state index in [9.17, 15) is 0 Å². The van der Waals surface area contributed by atoms with E-state index in [1.54, 1.807) is 17.7 Å². The third-order valence-electron chi connectivity index (χ3n) is 2.60. The van der Waals surface area contributed by atoms with E-state index in [0.29, 0.717) is 6.04 Å². The average Bonchev–Trinajstić information content (AvgIpc) is 2.69. The van der Waals surface area contributed by atoms with Crippen molar-refractivity contribution >= 4 is 27.4 Å². The fourth-order valence-electron chi connectivity index (χ4n) is 1.45. The number of hydrogen-bond acceptors (Lipinski definition) is 5. The highest BCUT2D eigenvalue weighted by atomic mass is 32.1. The molecular weight excluding hydrogens is 220 g/mol. The zero-order chi connectivity index (χ0) is 11.5. The van der Waals surface area contributed by atoms with Gasteiger partial charge in [0.05, 0.1) is 10.2 Å². The number of likely N-dealkylation sites (N-methyl/N-ethyl adjacent to an activating group) is 1. The Hall–Kier alpha value is -1.20. The highest BCUT2D eigenvalue weighted by Crippen LogP contribution is 2.28. The molecule has 0 saturated carbocycles. The van der Waals surface area contributed by atoms with E-state index in [1.807, 2.05) is 7.05 Å². The summed E-state index contributed by atoms with van der Waals surface area (Å²) in [6, 6.07) is 0.422. The second-order valence-electron chi connectivity index (χ2n) is 3.89. The van der Waals surface area contributed by atoms with Gasteiger partial charge in [0.25, 0.3) is 0 Å². The fourth-order valence-corrected chi connectivity index (χ4v) is 2.42. The molecule has 2 rings (SSSR count). The lowest BCUT2D eigenvalue weighted by atomic mass is 10.3. The minimum Gasteiger partial charge on any atom is -0.367 e. The number of rotatable bonds is 4. The maximum absolute atomic E-state index is 4.29. The first-order chi connectivity index (χ1) is 7.72. The molecule has 0 saturated heterocycles. The maximum atomic E-state index is 4.29. The Balaban J connectivity index is 2.24. The van der Waals surface area contributed by atoms with Crippen LogP contribution in [0.15, 0.2) is 11.7 Å². The third-order valence-corrected chi connectivity index (χ3v) is 3.69. The van der Waals surface area contributed by atoms with Crippen molar-refractivity contribution in [2.75, 3.05) is 18.9 Å². The summed E-state index contributed by atoms with van der Waals surface area (Å²) in [5, 5.41) is 8.65. The minimum absolute atomic E-state index is 0.422. The number of aromatic nitrogens is 2. The monoisotopic (exact) mass is 236 g/mol. The summed E-state index contributed by atoms with van der Waals surface area (Å²) in [6.07, 6.45) is 1.62. The Labute approximate surface area is 99.1 Å². The molecule has 0 bridgehead atoms. The Kier molecular flexibility index (Phi) is 3.36. The lowest BCUT2D eigenvalue weighted by molar-refractivity contribution is 0.637. The number of fused-ring (bicyclic) bond motifs is 1. The van der Waals surface area contributed by atoms with Crippen LogP contribution in [0.2, 0.25) is 0 Å². The van der Waals surface area contributed by atoms with Gasteiger partial charge in [-0.3, -0.25) is 0 Å². The van der Waals surface area contributed by atoms with E-state index in [-0.39, 0.29) is 0 Å². The zero-order valence-electron chi connectivity index (χ0n) is 9.74. The van der Waals surface area contributed by atoms with Crippen LogP contribution in [0.3, 0.4) is 0 Å². The molecule has 86 valence electrons. The van der Waals surface area contributed by atoms with E-state index < -0.39 is 0 Å². The van der Waals surface area contributed by atoms with Gasteiger partial charge < -0.3 is 10.6 Å². The largest absolute Gasteiger partial charge is 0.367 e. The molecule has 16 heavy (non-hydrogen) atoms. The molecule has 2 heterocycles. The van der Waals surface area contributed by atoms with Crippen molar-refractivity contribution in [2.24, 2.45) is 0 Å². The number of nitrogens with one attached hydrogen (secondary N) is 2. The molecular formula is C11H16N4S. The first-order valence-corrected chi connectivity index (χ1v) is 6.20. The van der Waals surface area contributed by atoms with Gasteiger partial charge >= 0.3 is 0 Å². The van der Waals surface area contributed by atoms with E-state index in [4.69, 9.17) is 0 Å². The number of hydrogen-bond donors (Lipinski definition) is 2. The van der Waals surface area contributed by atoms with Gasteiger partial charge in [-0.15, -0.1) is 11.3 Å². The lowest BCUT2D eigenvalue weighted by Gasteiger charge is -2.11. The normalized spacial score (nSPS) is 12.9. The molecule has 2 N–H and O–H groups in total. The third kappa shape index (κ3) is 2.15. The molecule has 0 amide bonds. The van der Waals surface area contributed by atoms with Crippen LogP contribution >= 0.6 is 11.3 Å². The van der Waals surface area contributed by atoms with Gasteiger partial charge in [-0.05, 0) is 31.8 Å². The Bertz CT molecular complexity index is 480. The highest BCUT2D eigenvalue weighted by Gasteiger charge is 2.08. The van der Waals surface area contributed by atoms with Crippen molar-refractivity contribution in [3.8, 4) is 0 Å². The average molecular weight is 236 g/mol. The van der Waals surface area contributed by atoms with Crippen LogP contribution in [0.4, 0.5) is 5.82 Å². The van der Waals surface area contributed by atoms with Gasteiger partial charge in [-0.1, -0.05) is 0 Å². The molecule has 2 aromatic heterocycles. The molecule has 0 aromatic carbocycles. The van der Waals surface area contributed by atoms with Gasteiger partial charge in [-0.2, -0.15) is 0 Å². The molecule has 1 atom stereocenters. The van der Waals surface area contributed by atoms with Gasteiger partial charge in [0.2, 0.25) is 0 Å². The van der Waals surface area contributed by atoms with Crippen LogP contribution in [-0.4, -0.2) is 29.6 Å². The number of aryl methyl sites for hydroxylation is 1. The van der Waals surface area contributed by atoms with Crippen molar-refractivity contribution in [3.05, 3.63) is 17.3 Å². The lowest BCUT2D eigenvalue weighted by Crippen LogP contribution is -2.29. The van der Waals surface area contributed by atoms with Crippen LogP contribution in [0, 0.1) is 6.92 Å². The van der Waals surface area contributed by atoms with Gasteiger partial charge in [0.1, 0.15) is 12.1 Å². The molecule has 1 unspecified atom stereocenters. The second-order valence-corrected chi connectivity index (χ2v) is 4.77. The molecule has 0 aliphatic carbocycles. The maximum Gasteiger partial charge on any atom is 0.147 e. The summed E-state index contributed by atoms with van der Waals surface area (Å²) in [6.45, 7) is 5.07. The predicted molar refractivity (Wildman–Crippen MR) is 69.2 cm³/mol. The van der Waals surface area contributed by atoms with Crippen molar-refractivity contribution in [1.29, 1.82) is 0 Å². The summed E-state index contributed by atoms with van der Waals surface area (Å²) in [5.74, 6) is 0.935. The summed E-state index contributed by atoms with van der Waals surface area (Å²) in [4.78, 5) is 8.58. The van der Waals surface area contributed by atoms with Crippen LogP contribution < -0.4 is 10.6 Å². The number of anilines is 1. The first-order valence-electron chi connectivity index (χ1n) is 5.32. The van der Waals surface area contributed by atoms with Crippen molar-refractivity contribution in [2.45, 2.75) is 19.9 Å². The topological polar surface area (TPSA) is 49.8 Å². The van der Waals surface area contributed by atoms with Crippen LogP contribution in [0.25, 0.3) is 10.2 Å². The van der Waals surface area contributed by atoms with Crippen molar-refractivity contribution in [1.82, 2.24) is 15.3 Å². The van der Waals surface area contributed by atoms with Gasteiger partial charge in [0, 0.05) is 12.6 Å². The standard InChI is InChI=1S/C11H16N4S/c1-7-5-16-10-9(7)14-6-15-11(10)13-4-8(2)12-3/h5-6,8,12H,4H2,1-3H3,(H,13,14,15). The Morgan fingerprint density at radius 2 is 2.25 bits per heavy atom. The van der Waals surface area contributed by atoms with E-state index >= 15 is 0 Å². The SMILES string of the molecule is CNC(C)CNc1ncnc2c(C)csc12. The Morgan fingerprint density at radius 3 is 3.00 bits per heavy atom. The van der Waals surface area contributed by atoms with Crippen LogP contribution in [0.5, 0.6) is 0 Å². The molecule has 0 spiro atoms. The molecule has 2 aromatic rings. The highest BCUT2D eigenvalue weighted by molar-refractivity contribution is 7.18. The van der Waals surface area contributed by atoms with Crippen molar-refractivity contribution < 1.29 is 0 Å². The van der Waals surface area contributed by atoms with E-state index in [1.165, 1.54) is 5.56 Å². The van der Waals surface area contributed by atoms with Gasteiger partial charge in [0.15, 0.2) is 0 Å². The smallest absolute Gasteiger partial charge is 0.147 e. The van der Waals surface area contributed by atoms with Crippen molar-refractivity contribution in [3.63, 3.8) is 0 Å². The predicted octanol–water partition coefficient (Wildman–Crippen LogP) is 2.02. The number of thiophene rings is 1. The molecule has 0 aliphatic heterocycles. The zero-order valence-corrected chi connectivity index (χ0v) is 10.6. The summed E-state index contributed by atoms with van der Waals surface area (Å²) in [7, 11) is 1.96. The quantitative estimate of drug-likeness (QED) is 0.852. The fraction of sp³-hybridized carbons (Fsp3) is 0.455. The summed E-state index contributed by atoms with van der Waals surface area (Å²) in [5.41, 5.74) is 2.27. The second kappa shape index (κ2) is 4.76. The summed E-state index contributed by atoms with van der Waals surface area (Å²) < 4.78 is 1.14. The summed E-state index contributed by atoms with van der Waals surface area (Å²) >= 11 is 1.69. The van der Waals surface area contributed by atoms with E-state index in [0.717, 1.165) is 22.6 Å². The number of nitrogens with zero attached hydrogens (tertiary/aromatic N) is 2. The van der Waals surface area contributed by atoms with Crippen LogP contribution in [-0.2, 0) is 0 Å². The molecule has 5 heteroatoms. The molecule has 4 nitrogen and oxygen atoms in total. The molecule has 0 radical (unpaired) electrons.